The topological polar surface area (TPSA) is 30.5 Å². The van der Waals surface area contributed by atoms with Crippen LogP contribution in [0.15, 0.2) is 18.2 Å². The minimum absolute atomic E-state index is 0.322. The van der Waals surface area contributed by atoms with Crippen molar-refractivity contribution in [2.24, 2.45) is 0 Å². The number of unbranched alkanes of at least 4 members (excludes halogenated alkanes) is 2. The van der Waals surface area contributed by atoms with Crippen LogP contribution in [0.4, 0.5) is 0 Å². The highest BCUT2D eigenvalue weighted by Crippen LogP contribution is 2.31. The number of rotatable bonds is 11. The maximum absolute atomic E-state index is 5.53. The maximum Gasteiger partial charge on any atom is 0.127 e. The molecule has 3 nitrogen and oxygen atoms in total. The van der Waals surface area contributed by atoms with Gasteiger partial charge in [-0.3, -0.25) is 0 Å². The quantitative estimate of drug-likeness (QED) is 0.618. The summed E-state index contributed by atoms with van der Waals surface area (Å²) in [5.41, 5.74) is 1.21. The Morgan fingerprint density at radius 2 is 1.95 bits per heavy atom. The summed E-state index contributed by atoms with van der Waals surface area (Å²) in [6.45, 7) is 5.34. The van der Waals surface area contributed by atoms with Crippen LogP contribution in [-0.4, -0.2) is 32.3 Å². The Labute approximate surface area is 133 Å². The predicted molar refractivity (Wildman–Crippen MR) is 92.8 cm³/mol. The van der Waals surface area contributed by atoms with Crippen LogP contribution in [-0.2, 0) is 0 Å². The van der Waals surface area contributed by atoms with Crippen molar-refractivity contribution in [3.8, 4) is 11.5 Å². The first kappa shape index (κ1) is 18.2. The highest BCUT2D eigenvalue weighted by atomic mass is 32.2. The van der Waals surface area contributed by atoms with E-state index < -0.39 is 0 Å². The Morgan fingerprint density at radius 3 is 2.57 bits per heavy atom. The van der Waals surface area contributed by atoms with Crippen molar-refractivity contribution in [2.45, 2.75) is 39.2 Å². The number of hydrogen-bond acceptors (Lipinski definition) is 4. The molecule has 0 bridgehead atoms. The van der Waals surface area contributed by atoms with Gasteiger partial charge in [0.1, 0.15) is 11.5 Å². The molecule has 0 aliphatic rings. The fraction of sp³-hybridized carbons (Fsp3) is 0.647. The molecule has 1 rings (SSSR count). The third-order valence-corrected chi connectivity index (χ3v) is 4.59. The van der Waals surface area contributed by atoms with Gasteiger partial charge in [-0.1, -0.05) is 32.8 Å². The zero-order chi connectivity index (χ0) is 15.5. The van der Waals surface area contributed by atoms with Crippen LogP contribution in [0.3, 0.4) is 0 Å². The van der Waals surface area contributed by atoms with Gasteiger partial charge in [0, 0.05) is 23.4 Å². The Bertz CT molecular complexity index is 398. The van der Waals surface area contributed by atoms with Crippen LogP contribution >= 0.6 is 11.8 Å². The van der Waals surface area contributed by atoms with E-state index in [9.17, 15) is 0 Å². The first-order chi connectivity index (χ1) is 10.3. The van der Waals surface area contributed by atoms with Crippen LogP contribution in [0.25, 0.3) is 0 Å². The molecule has 1 atom stereocenters. The van der Waals surface area contributed by atoms with Gasteiger partial charge in [-0.25, -0.2) is 0 Å². The van der Waals surface area contributed by atoms with E-state index in [1.54, 1.807) is 14.2 Å². The second-order valence-electron chi connectivity index (χ2n) is 5.00. The van der Waals surface area contributed by atoms with Crippen molar-refractivity contribution in [3.05, 3.63) is 23.8 Å². The summed E-state index contributed by atoms with van der Waals surface area (Å²) in [7, 11) is 3.40. The summed E-state index contributed by atoms with van der Waals surface area (Å²) >= 11 is 2.02. The maximum atomic E-state index is 5.53. The molecule has 0 aliphatic heterocycles. The monoisotopic (exact) mass is 311 g/mol. The van der Waals surface area contributed by atoms with Gasteiger partial charge >= 0.3 is 0 Å². The smallest absolute Gasteiger partial charge is 0.127 e. The fourth-order valence-electron chi connectivity index (χ4n) is 2.27. The lowest BCUT2D eigenvalue weighted by Gasteiger charge is -2.21. The molecule has 120 valence electrons. The second kappa shape index (κ2) is 10.8. The number of benzene rings is 1. The van der Waals surface area contributed by atoms with E-state index in [2.05, 4.69) is 25.2 Å². The molecule has 0 saturated carbocycles. The molecule has 1 aromatic carbocycles. The van der Waals surface area contributed by atoms with E-state index in [1.807, 2.05) is 23.9 Å². The summed E-state index contributed by atoms with van der Waals surface area (Å²) in [5.74, 6) is 4.03. The molecule has 0 heterocycles. The van der Waals surface area contributed by atoms with Gasteiger partial charge in [0.05, 0.1) is 14.2 Å². The van der Waals surface area contributed by atoms with E-state index in [0.29, 0.717) is 6.04 Å². The number of hydrogen-bond donors (Lipinski definition) is 1. The van der Waals surface area contributed by atoms with E-state index in [0.717, 1.165) is 23.8 Å². The third kappa shape index (κ3) is 6.18. The van der Waals surface area contributed by atoms with Crippen LogP contribution in [0, 0.1) is 0 Å². The standard InChI is InChI=1S/C17H29NO2S/c1-5-7-8-11-21-13-16(18-6-2)15-10-9-14(19-3)12-17(15)20-4/h9-10,12,16,18H,5-8,11,13H2,1-4H3. The van der Waals surface area contributed by atoms with Crippen molar-refractivity contribution >= 4 is 11.8 Å². The lowest BCUT2D eigenvalue weighted by atomic mass is 10.1. The first-order valence-corrected chi connectivity index (χ1v) is 8.95. The molecule has 0 radical (unpaired) electrons. The molecule has 0 aromatic heterocycles. The zero-order valence-corrected chi connectivity index (χ0v) is 14.6. The SMILES string of the molecule is CCCCCSCC(NCC)c1ccc(OC)cc1OC. The molecule has 1 aromatic rings. The molecule has 1 N–H and O–H groups in total. The average Bonchev–Trinajstić information content (AvgIpc) is 2.53. The Kier molecular flexibility index (Phi) is 9.35. The molecule has 0 spiro atoms. The van der Waals surface area contributed by atoms with E-state index in [4.69, 9.17) is 9.47 Å². The summed E-state index contributed by atoms with van der Waals surface area (Å²) in [6, 6.07) is 6.39. The number of thioether (sulfide) groups is 1. The summed E-state index contributed by atoms with van der Waals surface area (Å²) < 4.78 is 10.8. The van der Waals surface area contributed by atoms with Crippen LogP contribution in [0.2, 0.25) is 0 Å². The minimum atomic E-state index is 0.322. The lowest BCUT2D eigenvalue weighted by molar-refractivity contribution is 0.386. The highest BCUT2D eigenvalue weighted by Gasteiger charge is 2.16. The lowest BCUT2D eigenvalue weighted by Crippen LogP contribution is -2.23. The van der Waals surface area contributed by atoms with Crippen molar-refractivity contribution < 1.29 is 9.47 Å². The first-order valence-electron chi connectivity index (χ1n) is 7.79. The molecule has 0 fully saturated rings. The summed E-state index contributed by atoms with van der Waals surface area (Å²) in [6.07, 6.45) is 3.91. The van der Waals surface area contributed by atoms with E-state index in [1.165, 1.54) is 30.6 Å². The van der Waals surface area contributed by atoms with Crippen molar-refractivity contribution in [3.63, 3.8) is 0 Å². The van der Waals surface area contributed by atoms with E-state index in [-0.39, 0.29) is 0 Å². The minimum Gasteiger partial charge on any atom is -0.497 e. The molecule has 21 heavy (non-hydrogen) atoms. The normalized spacial score (nSPS) is 12.2. The molecular formula is C17H29NO2S. The van der Waals surface area contributed by atoms with Crippen molar-refractivity contribution in [1.29, 1.82) is 0 Å². The fourth-order valence-corrected chi connectivity index (χ4v) is 3.37. The van der Waals surface area contributed by atoms with Gasteiger partial charge in [-0.15, -0.1) is 0 Å². The molecule has 0 aliphatic carbocycles. The third-order valence-electron chi connectivity index (χ3n) is 3.44. The van der Waals surface area contributed by atoms with Gasteiger partial charge < -0.3 is 14.8 Å². The predicted octanol–water partition coefficient (Wildman–Crippen LogP) is 4.28. The average molecular weight is 311 g/mol. The van der Waals surface area contributed by atoms with Crippen LogP contribution < -0.4 is 14.8 Å². The van der Waals surface area contributed by atoms with E-state index >= 15 is 0 Å². The molecule has 1 unspecified atom stereocenters. The molecular weight excluding hydrogens is 282 g/mol. The van der Waals surface area contributed by atoms with Crippen LogP contribution in [0.5, 0.6) is 11.5 Å². The summed E-state index contributed by atoms with van der Waals surface area (Å²) in [5, 5.41) is 3.56. The highest BCUT2D eigenvalue weighted by molar-refractivity contribution is 7.99. The molecule has 4 heteroatoms. The number of ether oxygens (including phenoxy) is 2. The Morgan fingerprint density at radius 1 is 1.14 bits per heavy atom. The second-order valence-corrected chi connectivity index (χ2v) is 6.15. The Hall–Kier alpha value is -0.870. The van der Waals surface area contributed by atoms with Gasteiger partial charge in [-0.05, 0) is 24.8 Å². The number of nitrogens with one attached hydrogen (secondary N) is 1. The van der Waals surface area contributed by atoms with Crippen LogP contribution in [0.1, 0.15) is 44.7 Å². The summed E-state index contributed by atoms with van der Waals surface area (Å²) in [4.78, 5) is 0. The van der Waals surface area contributed by atoms with Gasteiger partial charge in [0.15, 0.2) is 0 Å². The van der Waals surface area contributed by atoms with Gasteiger partial charge in [0.25, 0.3) is 0 Å². The van der Waals surface area contributed by atoms with Gasteiger partial charge in [0.2, 0.25) is 0 Å². The Balaban J connectivity index is 2.70. The van der Waals surface area contributed by atoms with Crippen molar-refractivity contribution in [1.82, 2.24) is 5.32 Å². The van der Waals surface area contributed by atoms with Crippen molar-refractivity contribution in [2.75, 3.05) is 32.3 Å². The molecule has 0 amide bonds. The number of methoxy groups -OCH3 is 2. The molecule has 0 saturated heterocycles. The van der Waals surface area contributed by atoms with Gasteiger partial charge in [-0.2, -0.15) is 11.8 Å². The largest absolute Gasteiger partial charge is 0.497 e. The zero-order valence-electron chi connectivity index (χ0n) is 13.8.